The van der Waals surface area contributed by atoms with Crippen molar-refractivity contribution < 1.29 is 5.11 Å². The highest BCUT2D eigenvalue weighted by molar-refractivity contribution is 5.25. The van der Waals surface area contributed by atoms with Crippen molar-refractivity contribution in [3.8, 4) is 0 Å². The summed E-state index contributed by atoms with van der Waals surface area (Å²) in [6.07, 6.45) is 8.50. The number of rotatable bonds is 2. The second kappa shape index (κ2) is 5.64. The Morgan fingerprint density at radius 1 is 1.00 bits per heavy atom. The van der Waals surface area contributed by atoms with Crippen molar-refractivity contribution in [3.05, 3.63) is 35.9 Å². The van der Waals surface area contributed by atoms with E-state index < -0.39 is 0 Å². The third-order valence-corrected chi connectivity index (χ3v) is 4.99. The monoisotopic (exact) mass is 259 g/mol. The molecule has 104 valence electrons. The molecule has 0 spiro atoms. The largest absolute Gasteiger partial charge is 0.392 e. The van der Waals surface area contributed by atoms with Gasteiger partial charge >= 0.3 is 0 Å². The summed E-state index contributed by atoms with van der Waals surface area (Å²) in [4.78, 5) is 2.58. The molecule has 0 aromatic heterocycles. The minimum Gasteiger partial charge on any atom is -0.392 e. The SMILES string of the molecule is OC1CCCN(C2(c3ccccc3)CCCCC2)C1. The number of hydrogen-bond donors (Lipinski definition) is 1. The van der Waals surface area contributed by atoms with Crippen molar-refractivity contribution >= 4 is 0 Å². The molecule has 1 saturated heterocycles. The lowest BCUT2D eigenvalue weighted by Gasteiger charge is -2.49. The Morgan fingerprint density at radius 3 is 2.42 bits per heavy atom. The zero-order valence-electron chi connectivity index (χ0n) is 11.7. The van der Waals surface area contributed by atoms with Gasteiger partial charge in [0.2, 0.25) is 0 Å². The zero-order chi connectivity index (χ0) is 13.1. The fourth-order valence-corrected chi connectivity index (χ4v) is 4.02. The van der Waals surface area contributed by atoms with Gasteiger partial charge in [-0.3, -0.25) is 4.90 Å². The van der Waals surface area contributed by atoms with Crippen LogP contribution >= 0.6 is 0 Å². The number of β-amino-alcohol motifs (C(OH)–C–C–N with tert-alkyl or cyclic N) is 1. The Kier molecular flexibility index (Phi) is 3.90. The van der Waals surface area contributed by atoms with Crippen LogP contribution in [0, 0.1) is 0 Å². The molecule has 1 saturated carbocycles. The van der Waals surface area contributed by atoms with E-state index >= 15 is 0 Å². The number of likely N-dealkylation sites (tertiary alicyclic amines) is 1. The lowest BCUT2D eigenvalue weighted by Crippen LogP contribution is -2.52. The molecule has 1 aliphatic carbocycles. The Hall–Kier alpha value is -0.860. The van der Waals surface area contributed by atoms with Gasteiger partial charge in [0.25, 0.3) is 0 Å². The average molecular weight is 259 g/mol. The van der Waals surface area contributed by atoms with Gasteiger partial charge in [-0.15, -0.1) is 0 Å². The van der Waals surface area contributed by atoms with Crippen LogP contribution in [0.1, 0.15) is 50.5 Å². The quantitative estimate of drug-likeness (QED) is 0.881. The maximum absolute atomic E-state index is 10.0. The summed E-state index contributed by atoms with van der Waals surface area (Å²) in [6, 6.07) is 11.0. The standard InChI is InChI=1S/C17H25NO/c19-16-10-7-13-18(14-16)17(11-5-2-6-12-17)15-8-3-1-4-9-15/h1,3-4,8-9,16,19H,2,5-7,10-14H2. The molecule has 1 aromatic carbocycles. The van der Waals surface area contributed by atoms with Gasteiger partial charge in [0.05, 0.1) is 6.10 Å². The van der Waals surface area contributed by atoms with Crippen molar-refractivity contribution in [3.63, 3.8) is 0 Å². The summed E-state index contributed by atoms with van der Waals surface area (Å²) >= 11 is 0. The van der Waals surface area contributed by atoms with E-state index in [0.29, 0.717) is 0 Å². The summed E-state index contributed by atoms with van der Waals surface area (Å²) in [6.45, 7) is 2.00. The molecule has 1 heterocycles. The maximum Gasteiger partial charge on any atom is 0.0667 e. The topological polar surface area (TPSA) is 23.5 Å². The molecule has 19 heavy (non-hydrogen) atoms. The maximum atomic E-state index is 10.0. The summed E-state index contributed by atoms with van der Waals surface area (Å²) in [7, 11) is 0. The van der Waals surface area contributed by atoms with Crippen LogP contribution in [0.15, 0.2) is 30.3 Å². The number of aliphatic hydroxyl groups excluding tert-OH is 1. The lowest BCUT2D eigenvalue weighted by molar-refractivity contribution is -0.0212. The molecule has 1 aliphatic heterocycles. The molecule has 2 heteroatoms. The Bertz CT molecular complexity index is 397. The molecule has 1 unspecified atom stereocenters. The summed E-state index contributed by atoms with van der Waals surface area (Å²) in [5.74, 6) is 0. The molecular weight excluding hydrogens is 234 g/mol. The molecule has 1 atom stereocenters. The first-order valence-corrected chi connectivity index (χ1v) is 7.80. The molecule has 1 N–H and O–H groups in total. The minimum absolute atomic E-state index is 0.128. The third kappa shape index (κ3) is 2.56. The Balaban J connectivity index is 1.92. The molecule has 0 bridgehead atoms. The number of piperidine rings is 1. The van der Waals surface area contributed by atoms with E-state index in [2.05, 4.69) is 35.2 Å². The number of nitrogens with zero attached hydrogens (tertiary/aromatic N) is 1. The van der Waals surface area contributed by atoms with Crippen LogP contribution in [0.5, 0.6) is 0 Å². The van der Waals surface area contributed by atoms with Crippen LogP contribution in [-0.2, 0) is 5.54 Å². The highest BCUT2D eigenvalue weighted by atomic mass is 16.3. The van der Waals surface area contributed by atoms with E-state index in [1.165, 1.54) is 37.7 Å². The average Bonchev–Trinajstić information content (AvgIpc) is 2.49. The van der Waals surface area contributed by atoms with Crippen LogP contribution in [-0.4, -0.2) is 29.2 Å². The zero-order valence-corrected chi connectivity index (χ0v) is 11.7. The molecule has 2 aliphatic rings. The third-order valence-electron chi connectivity index (χ3n) is 4.99. The predicted octanol–water partition coefficient (Wildman–Crippen LogP) is 3.30. The van der Waals surface area contributed by atoms with Gasteiger partial charge in [-0.05, 0) is 37.8 Å². The number of aliphatic hydroxyl groups is 1. The first-order chi connectivity index (χ1) is 9.31. The van der Waals surface area contributed by atoms with Crippen LogP contribution in [0.2, 0.25) is 0 Å². The van der Waals surface area contributed by atoms with E-state index in [9.17, 15) is 5.11 Å². The second-order valence-electron chi connectivity index (χ2n) is 6.20. The minimum atomic E-state index is -0.128. The Labute approximate surface area is 116 Å². The Morgan fingerprint density at radius 2 is 1.74 bits per heavy atom. The molecule has 2 fully saturated rings. The van der Waals surface area contributed by atoms with E-state index in [1.807, 2.05) is 0 Å². The highest BCUT2D eigenvalue weighted by Gasteiger charge is 2.40. The molecule has 0 amide bonds. The van der Waals surface area contributed by atoms with Gasteiger partial charge in [-0.1, -0.05) is 49.6 Å². The summed E-state index contributed by atoms with van der Waals surface area (Å²) in [5.41, 5.74) is 1.66. The number of hydrogen-bond acceptors (Lipinski definition) is 2. The van der Waals surface area contributed by atoms with Gasteiger partial charge in [0.15, 0.2) is 0 Å². The normalized spacial score (nSPS) is 28.2. The first kappa shape index (κ1) is 13.1. The fourth-order valence-electron chi connectivity index (χ4n) is 4.02. The smallest absolute Gasteiger partial charge is 0.0667 e. The van der Waals surface area contributed by atoms with Crippen molar-refractivity contribution in [1.82, 2.24) is 4.90 Å². The second-order valence-corrected chi connectivity index (χ2v) is 6.20. The first-order valence-electron chi connectivity index (χ1n) is 7.80. The number of benzene rings is 1. The molecule has 3 rings (SSSR count). The van der Waals surface area contributed by atoms with Crippen LogP contribution in [0.25, 0.3) is 0 Å². The van der Waals surface area contributed by atoms with Gasteiger partial charge in [0.1, 0.15) is 0 Å². The van der Waals surface area contributed by atoms with Crippen molar-refractivity contribution in [2.75, 3.05) is 13.1 Å². The van der Waals surface area contributed by atoms with Crippen molar-refractivity contribution in [1.29, 1.82) is 0 Å². The predicted molar refractivity (Wildman–Crippen MR) is 78.0 cm³/mol. The van der Waals surface area contributed by atoms with Crippen LogP contribution in [0.4, 0.5) is 0 Å². The van der Waals surface area contributed by atoms with Crippen LogP contribution < -0.4 is 0 Å². The van der Waals surface area contributed by atoms with Gasteiger partial charge in [-0.25, -0.2) is 0 Å². The molecule has 2 nitrogen and oxygen atoms in total. The van der Waals surface area contributed by atoms with E-state index in [-0.39, 0.29) is 11.6 Å². The summed E-state index contributed by atoms with van der Waals surface area (Å²) in [5, 5.41) is 10.0. The molecular formula is C17H25NO. The van der Waals surface area contributed by atoms with Gasteiger partial charge in [0, 0.05) is 12.1 Å². The molecule has 1 aromatic rings. The highest BCUT2D eigenvalue weighted by Crippen LogP contribution is 2.43. The lowest BCUT2D eigenvalue weighted by atomic mass is 9.74. The van der Waals surface area contributed by atoms with E-state index in [1.54, 1.807) is 0 Å². The van der Waals surface area contributed by atoms with Crippen molar-refractivity contribution in [2.24, 2.45) is 0 Å². The summed E-state index contributed by atoms with van der Waals surface area (Å²) < 4.78 is 0. The van der Waals surface area contributed by atoms with Crippen molar-refractivity contribution in [2.45, 2.75) is 56.6 Å². The molecule has 0 radical (unpaired) electrons. The van der Waals surface area contributed by atoms with Gasteiger partial charge in [-0.2, -0.15) is 0 Å². The van der Waals surface area contributed by atoms with E-state index in [0.717, 1.165) is 25.9 Å². The fraction of sp³-hybridized carbons (Fsp3) is 0.647. The van der Waals surface area contributed by atoms with Crippen LogP contribution in [0.3, 0.4) is 0 Å². The van der Waals surface area contributed by atoms with Gasteiger partial charge < -0.3 is 5.11 Å². The van der Waals surface area contributed by atoms with E-state index in [4.69, 9.17) is 0 Å².